The van der Waals surface area contributed by atoms with E-state index in [9.17, 15) is 18.3 Å². The Kier molecular flexibility index (Phi) is 4.57. The van der Waals surface area contributed by atoms with Crippen LogP contribution in [0.5, 0.6) is 0 Å². The van der Waals surface area contributed by atoms with Crippen LogP contribution in [-0.4, -0.2) is 38.2 Å². The fourth-order valence-electron chi connectivity index (χ4n) is 2.27. The minimum absolute atomic E-state index is 0.0119. The van der Waals surface area contributed by atoms with Crippen molar-refractivity contribution < 1.29 is 23.1 Å². The first-order valence-corrected chi connectivity index (χ1v) is 8.25. The highest BCUT2D eigenvalue weighted by Crippen LogP contribution is 2.27. The van der Waals surface area contributed by atoms with Crippen molar-refractivity contribution in [2.75, 3.05) is 13.2 Å². The van der Waals surface area contributed by atoms with Crippen molar-refractivity contribution in [3.63, 3.8) is 0 Å². The summed E-state index contributed by atoms with van der Waals surface area (Å²) < 4.78 is 32.5. The van der Waals surface area contributed by atoms with Crippen LogP contribution in [0.4, 0.5) is 0 Å². The molecule has 2 rings (SSSR count). The molecule has 0 bridgehead atoms. The highest BCUT2D eigenvalue weighted by Gasteiger charge is 2.44. The molecule has 0 aromatic heterocycles. The summed E-state index contributed by atoms with van der Waals surface area (Å²) in [4.78, 5) is 11.5. The lowest BCUT2D eigenvalue weighted by atomic mass is 9.92. The number of aliphatic carboxylic acids is 1. The minimum Gasteiger partial charge on any atom is -0.480 e. The summed E-state index contributed by atoms with van der Waals surface area (Å²) in [5.41, 5.74) is -1.15. The van der Waals surface area contributed by atoms with Crippen LogP contribution in [0.2, 0.25) is 5.02 Å². The Morgan fingerprint density at radius 1 is 1.38 bits per heavy atom. The zero-order valence-electron chi connectivity index (χ0n) is 11.4. The molecule has 1 fully saturated rings. The van der Waals surface area contributed by atoms with Crippen LogP contribution < -0.4 is 4.72 Å². The maximum Gasteiger partial charge on any atom is 0.325 e. The number of carboxylic acids is 1. The number of carboxylic acid groups (broad SMARTS) is 1. The number of halogens is 1. The van der Waals surface area contributed by atoms with Gasteiger partial charge in [-0.2, -0.15) is 4.72 Å². The van der Waals surface area contributed by atoms with Crippen LogP contribution in [0, 0.1) is 6.92 Å². The lowest BCUT2D eigenvalue weighted by Crippen LogP contribution is -2.57. The predicted octanol–water partition coefficient (Wildman–Crippen LogP) is 1.56. The van der Waals surface area contributed by atoms with E-state index in [1.54, 1.807) is 13.0 Å². The van der Waals surface area contributed by atoms with Gasteiger partial charge in [-0.15, -0.1) is 0 Å². The Hall–Kier alpha value is -1.15. The van der Waals surface area contributed by atoms with Crippen LogP contribution in [0.15, 0.2) is 23.1 Å². The van der Waals surface area contributed by atoms with Gasteiger partial charge in [-0.25, -0.2) is 8.42 Å². The normalized spacial score (nSPS) is 18.4. The van der Waals surface area contributed by atoms with Crippen molar-refractivity contribution in [1.82, 2.24) is 4.72 Å². The highest BCUT2D eigenvalue weighted by atomic mass is 35.5. The first kappa shape index (κ1) is 16.2. The van der Waals surface area contributed by atoms with E-state index < -0.39 is 21.5 Å². The lowest BCUT2D eigenvalue weighted by Gasteiger charge is -2.33. The third-order valence-corrected chi connectivity index (χ3v) is 5.68. The third kappa shape index (κ3) is 3.21. The maximum atomic E-state index is 12.5. The molecule has 0 atom stereocenters. The fraction of sp³-hybridized carbons (Fsp3) is 0.462. The van der Waals surface area contributed by atoms with E-state index in [1.807, 2.05) is 0 Å². The van der Waals surface area contributed by atoms with Gasteiger partial charge < -0.3 is 9.84 Å². The van der Waals surface area contributed by atoms with Crippen molar-refractivity contribution >= 4 is 27.6 Å². The molecule has 0 aliphatic carbocycles. The number of hydrogen-bond acceptors (Lipinski definition) is 4. The van der Waals surface area contributed by atoms with E-state index in [0.717, 1.165) is 0 Å². The van der Waals surface area contributed by atoms with E-state index in [4.69, 9.17) is 16.3 Å². The predicted molar refractivity (Wildman–Crippen MR) is 76.9 cm³/mol. The van der Waals surface area contributed by atoms with Gasteiger partial charge in [0.25, 0.3) is 0 Å². The van der Waals surface area contributed by atoms with Gasteiger partial charge in [-0.05, 0) is 24.6 Å². The topological polar surface area (TPSA) is 92.7 Å². The number of sulfonamides is 1. The van der Waals surface area contributed by atoms with E-state index >= 15 is 0 Å². The third-order valence-electron chi connectivity index (χ3n) is 3.59. The largest absolute Gasteiger partial charge is 0.480 e. The zero-order chi connectivity index (χ0) is 15.7. The van der Waals surface area contributed by atoms with Crippen LogP contribution in [-0.2, 0) is 19.6 Å². The average molecular weight is 334 g/mol. The molecule has 6 nitrogen and oxygen atoms in total. The molecule has 1 aliphatic heterocycles. The van der Waals surface area contributed by atoms with Crippen LogP contribution in [0.25, 0.3) is 0 Å². The van der Waals surface area contributed by atoms with Crippen molar-refractivity contribution in [3.8, 4) is 0 Å². The minimum atomic E-state index is -3.99. The molecule has 0 saturated carbocycles. The highest BCUT2D eigenvalue weighted by molar-refractivity contribution is 7.89. The molecule has 0 spiro atoms. The van der Waals surface area contributed by atoms with Crippen molar-refractivity contribution in [1.29, 1.82) is 0 Å². The van der Waals surface area contributed by atoms with Gasteiger partial charge in [0.2, 0.25) is 10.0 Å². The monoisotopic (exact) mass is 333 g/mol. The molecule has 116 valence electrons. The summed E-state index contributed by atoms with van der Waals surface area (Å²) in [7, 11) is -3.99. The van der Waals surface area contributed by atoms with Gasteiger partial charge in [0.15, 0.2) is 0 Å². The van der Waals surface area contributed by atoms with Crippen LogP contribution in [0.1, 0.15) is 18.4 Å². The van der Waals surface area contributed by atoms with Crippen LogP contribution >= 0.6 is 11.6 Å². The summed E-state index contributed by atoms with van der Waals surface area (Å²) in [6.45, 7) is 1.97. The van der Waals surface area contributed by atoms with Crippen LogP contribution in [0.3, 0.4) is 0 Å². The summed E-state index contributed by atoms with van der Waals surface area (Å²) in [6.07, 6.45) is 0.169. The Labute approximate surface area is 128 Å². The number of ether oxygens (including phenoxy) is 1. The van der Waals surface area contributed by atoms with Crippen molar-refractivity contribution in [2.45, 2.75) is 30.2 Å². The average Bonchev–Trinajstić information content (AvgIpc) is 2.42. The number of rotatable bonds is 4. The van der Waals surface area contributed by atoms with E-state index in [-0.39, 0.29) is 31.0 Å². The summed E-state index contributed by atoms with van der Waals surface area (Å²) in [5, 5.41) is 9.73. The number of benzene rings is 1. The Morgan fingerprint density at radius 2 is 2.00 bits per heavy atom. The fourth-order valence-corrected chi connectivity index (χ4v) is 4.19. The maximum absolute atomic E-state index is 12.5. The molecule has 0 radical (unpaired) electrons. The quantitative estimate of drug-likeness (QED) is 0.872. The molecule has 1 heterocycles. The number of carbonyl (C=O) groups is 1. The molecule has 8 heteroatoms. The summed E-state index contributed by atoms with van der Waals surface area (Å²) in [5.74, 6) is -1.20. The summed E-state index contributed by atoms with van der Waals surface area (Å²) >= 11 is 5.93. The zero-order valence-corrected chi connectivity index (χ0v) is 13.0. The van der Waals surface area contributed by atoms with E-state index in [2.05, 4.69) is 4.72 Å². The molecule has 21 heavy (non-hydrogen) atoms. The second kappa shape index (κ2) is 5.92. The van der Waals surface area contributed by atoms with Crippen molar-refractivity contribution in [3.05, 3.63) is 28.8 Å². The molecule has 2 N–H and O–H groups in total. The second-order valence-electron chi connectivity index (χ2n) is 4.97. The first-order valence-electron chi connectivity index (χ1n) is 6.39. The smallest absolute Gasteiger partial charge is 0.325 e. The standard InChI is InChI=1S/C13H16ClNO5S/c1-9-10(14)3-2-4-11(9)21(18,19)15-13(12(16)17)5-7-20-8-6-13/h2-4,15H,5-8H2,1H3,(H,16,17). The summed E-state index contributed by atoms with van der Waals surface area (Å²) in [6, 6.07) is 4.50. The lowest BCUT2D eigenvalue weighted by molar-refractivity contribution is -0.147. The molecule has 1 aliphatic rings. The molecule has 1 aromatic carbocycles. The van der Waals surface area contributed by atoms with Gasteiger partial charge in [-0.3, -0.25) is 4.79 Å². The molecule has 0 unspecified atom stereocenters. The van der Waals surface area contributed by atoms with E-state index in [1.165, 1.54) is 12.1 Å². The number of hydrogen-bond donors (Lipinski definition) is 2. The van der Waals surface area contributed by atoms with Gasteiger partial charge in [0, 0.05) is 31.1 Å². The molecular weight excluding hydrogens is 318 g/mol. The van der Waals surface area contributed by atoms with Crippen molar-refractivity contribution in [2.24, 2.45) is 0 Å². The van der Waals surface area contributed by atoms with Gasteiger partial charge >= 0.3 is 5.97 Å². The Morgan fingerprint density at radius 3 is 2.57 bits per heavy atom. The van der Waals surface area contributed by atoms with Gasteiger partial charge in [0.1, 0.15) is 5.54 Å². The number of nitrogens with one attached hydrogen (secondary N) is 1. The Bertz CT molecular complexity index is 653. The molecule has 0 amide bonds. The first-order chi connectivity index (χ1) is 9.78. The second-order valence-corrected chi connectivity index (χ2v) is 7.03. The molecule has 1 saturated heterocycles. The van der Waals surface area contributed by atoms with E-state index in [0.29, 0.717) is 10.6 Å². The molecular formula is C13H16ClNO5S. The SMILES string of the molecule is Cc1c(Cl)cccc1S(=O)(=O)NC1(C(=O)O)CCOCC1. The molecule has 1 aromatic rings. The Balaban J connectivity index is 2.40. The van der Waals surface area contributed by atoms with Gasteiger partial charge in [0.05, 0.1) is 4.90 Å². The van der Waals surface area contributed by atoms with Gasteiger partial charge in [-0.1, -0.05) is 17.7 Å².